The van der Waals surface area contributed by atoms with Gasteiger partial charge in [-0.2, -0.15) is 12.6 Å². The van der Waals surface area contributed by atoms with Crippen molar-refractivity contribution >= 4 is 24.4 Å². The molecule has 1 atom stereocenters. The van der Waals surface area contributed by atoms with Crippen molar-refractivity contribution in [2.75, 3.05) is 0 Å². The van der Waals surface area contributed by atoms with Crippen molar-refractivity contribution in [1.82, 2.24) is 5.32 Å². The van der Waals surface area contributed by atoms with E-state index >= 15 is 0 Å². The highest BCUT2D eigenvalue weighted by molar-refractivity contribution is 7.81. The van der Waals surface area contributed by atoms with Gasteiger partial charge in [0.2, 0.25) is 11.8 Å². The fourth-order valence-electron chi connectivity index (χ4n) is 0.540. The number of nitrogens with one attached hydrogen (secondary N) is 1. The molecule has 1 rings (SSSR count). The number of imide groups is 1. The average Bonchev–Trinajstić information content (AvgIpc) is 1.85. The van der Waals surface area contributed by atoms with Crippen LogP contribution in [0, 0.1) is 0 Å². The molecule has 0 spiro atoms. The lowest BCUT2D eigenvalue weighted by atomic mass is 10.4. The van der Waals surface area contributed by atoms with Gasteiger partial charge in [0.1, 0.15) is 0 Å². The maximum Gasteiger partial charge on any atom is 0.239 e. The summed E-state index contributed by atoms with van der Waals surface area (Å²) in [5.41, 5.74) is 0. The van der Waals surface area contributed by atoms with Crippen molar-refractivity contribution in [2.24, 2.45) is 0 Å². The fourth-order valence-corrected chi connectivity index (χ4v) is 0.770. The van der Waals surface area contributed by atoms with E-state index < -0.39 is 5.25 Å². The van der Waals surface area contributed by atoms with Crippen molar-refractivity contribution in [3.63, 3.8) is 0 Å². The van der Waals surface area contributed by atoms with Crippen LogP contribution in [0.5, 0.6) is 0 Å². The van der Waals surface area contributed by atoms with Crippen molar-refractivity contribution in [2.45, 2.75) is 11.7 Å². The van der Waals surface area contributed by atoms with E-state index in [0.29, 0.717) is 0 Å². The zero-order valence-corrected chi connectivity index (χ0v) is 4.94. The minimum Gasteiger partial charge on any atom is -0.295 e. The maximum absolute atomic E-state index is 10.4. The van der Waals surface area contributed by atoms with Crippen LogP contribution in [0.4, 0.5) is 0 Å². The minimum absolute atomic E-state index is 0.224. The van der Waals surface area contributed by atoms with Gasteiger partial charge in [0.25, 0.3) is 0 Å². The third-order valence-corrected chi connectivity index (χ3v) is 1.36. The van der Waals surface area contributed by atoms with Crippen LogP contribution in [-0.4, -0.2) is 17.1 Å². The first-order valence-electron chi connectivity index (χ1n) is 2.22. The number of amides is 2. The van der Waals surface area contributed by atoms with Gasteiger partial charge in [-0.1, -0.05) is 0 Å². The number of carbonyl (C=O) groups is 2. The third kappa shape index (κ3) is 0.838. The Morgan fingerprint density at radius 2 is 2.25 bits per heavy atom. The molecule has 1 fully saturated rings. The molecule has 3 nitrogen and oxygen atoms in total. The van der Waals surface area contributed by atoms with Crippen LogP contribution in [-0.2, 0) is 9.59 Å². The Morgan fingerprint density at radius 1 is 1.62 bits per heavy atom. The summed E-state index contributed by atoms with van der Waals surface area (Å²) in [5.74, 6) is -0.506. The average molecular weight is 131 g/mol. The zero-order chi connectivity index (χ0) is 6.15. The Bertz CT molecular complexity index is 145. The summed E-state index contributed by atoms with van der Waals surface area (Å²) in [5, 5.41) is 1.70. The van der Waals surface area contributed by atoms with E-state index in [0.717, 1.165) is 0 Å². The van der Waals surface area contributed by atoms with E-state index in [-0.39, 0.29) is 18.2 Å². The molecule has 0 aliphatic carbocycles. The monoisotopic (exact) mass is 131 g/mol. The molecular weight excluding hydrogens is 126 g/mol. The van der Waals surface area contributed by atoms with E-state index in [1.807, 2.05) is 0 Å². The molecule has 1 saturated heterocycles. The molecule has 44 valence electrons. The van der Waals surface area contributed by atoms with Gasteiger partial charge in [0.05, 0.1) is 5.25 Å². The van der Waals surface area contributed by atoms with Crippen LogP contribution in [0.3, 0.4) is 0 Å². The molecule has 1 aliphatic heterocycles. The Balaban J connectivity index is 2.64. The van der Waals surface area contributed by atoms with Gasteiger partial charge in [-0.25, -0.2) is 0 Å². The van der Waals surface area contributed by atoms with Crippen LogP contribution in [0.1, 0.15) is 6.42 Å². The van der Waals surface area contributed by atoms with Crippen LogP contribution >= 0.6 is 12.6 Å². The Labute approximate surface area is 51.9 Å². The summed E-state index contributed by atoms with van der Waals surface area (Å²) in [7, 11) is 0. The second-order valence-corrected chi connectivity index (χ2v) is 2.26. The first-order valence-corrected chi connectivity index (χ1v) is 2.73. The topological polar surface area (TPSA) is 46.2 Å². The molecule has 8 heavy (non-hydrogen) atoms. The lowest BCUT2D eigenvalue weighted by molar-refractivity contribution is -0.124. The Kier molecular flexibility index (Phi) is 1.25. The molecule has 0 saturated carbocycles. The summed E-state index contributed by atoms with van der Waals surface area (Å²) in [4.78, 5) is 20.7. The molecular formula is C4H5NO2S. The molecule has 4 heteroatoms. The van der Waals surface area contributed by atoms with E-state index in [1.54, 1.807) is 0 Å². The summed E-state index contributed by atoms with van der Waals surface area (Å²) >= 11 is 3.81. The summed E-state index contributed by atoms with van der Waals surface area (Å²) < 4.78 is 0. The molecule has 2 amide bonds. The largest absolute Gasteiger partial charge is 0.295 e. The highest BCUT2D eigenvalue weighted by Crippen LogP contribution is 2.06. The van der Waals surface area contributed by atoms with Gasteiger partial charge in [-0.05, 0) is 0 Å². The highest BCUT2D eigenvalue weighted by atomic mass is 32.1. The summed E-state index contributed by atoms with van der Waals surface area (Å²) in [6.45, 7) is 0. The molecule has 0 aromatic rings. The second-order valence-electron chi connectivity index (χ2n) is 1.63. The highest BCUT2D eigenvalue weighted by Gasteiger charge is 2.26. The van der Waals surface area contributed by atoms with E-state index in [1.165, 1.54) is 0 Å². The number of carbonyl (C=O) groups excluding carboxylic acids is 2. The normalized spacial score (nSPS) is 28.4. The van der Waals surface area contributed by atoms with Crippen LogP contribution in [0.25, 0.3) is 0 Å². The Morgan fingerprint density at radius 3 is 2.38 bits per heavy atom. The fraction of sp³-hybridized carbons (Fsp3) is 0.500. The van der Waals surface area contributed by atoms with E-state index in [2.05, 4.69) is 17.9 Å². The molecule has 0 aromatic carbocycles. The zero-order valence-electron chi connectivity index (χ0n) is 4.05. The van der Waals surface area contributed by atoms with Gasteiger partial charge in [0.15, 0.2) is 0 Å². The number of hydrogen-bond donors (Lipinski definition) is 2. The summed E-state index contributed by atoms with van der Waals surface area (Å²) in [6, 6.07) is 0. The molecule has 1 unspecified atom stereocenters. The van der Waals surface area contributed by atoms with Gasteiger partial charge in [-0.15, -0.1) is 0 Å². The van der Waals surface area contributed by atoms with Crippen LogP contribution < -0.4 is 5.32 Å². The maximum atomic E-state index is 10.4. The molecule has 1 aliphatic rings. The number of thiol groups is 1. The summed E-state index contributed by atoms with van der Waals surface area (Å²) in [6.07, 6.45) is 0.224. The first kappa shape index (κ1) is 5.62. The van der Waals surface area contributed by atoms with Crippen molar-refractivity contribution in [1.29, 1.82) is 0 Å². The van der Waals surface area contributed by atoms with Gasteiger partial charge >= 0.3 is 0 Å². The van der Waals surface area contributed by atoms with Gasteiger partial charge in [0, 0.05) is 6.42 Å². The van der Waals surface area contributed by atoms with Crippen LogP contribution in [0.2, 0.25) is 0 Å². The van der Waals surface area contributed by atoms with Crippen molar-refractivity contribution in [3.05, 3.63) is 0 Å². The third-order valence-electron chi connectivity index (χ3n) is 0.944. The Hall–Kier alpha value is -0.510. The van der Waals surface area contributed by atoms with Crippen molar-refractivity contribution < 1.29 is 9.59 Å². The standard InChI is InChI=1S/C4H5NO2S/c6-3-1-2(8)4(7)5-3/h2,8H,1H2,(H,5,6,7). The molecule has 0 bridgehead atoms. The van der Waals surface area contributed by atoms with E-state index in [4.69, 9.17) is 0 Å². The lowest BCUT2D eigenvalue weighted by Gasteiger charge is -1.87. The van der Waals surface area contributed by atoms with Gasteiger partial charge in [-0.3, -0.25) is 14.9 Å². The predicted octanol–water partition coefficient (Wildman–Crippen LogP) is -0.669. The van der Waals surface area contributed by atoms with Crippen LogP contribution in [0.15, 0.2) is 0 Å². The minimum atomic E-state index is -0.414. The quantitative estimate of drug-likeness (QED) is 0.338. The molecule has 1 N–H and O–H groups in total. The molecule has 0 radical (unpaired) electrons. The smallest absolute Gasteiger partial charge is 0.239 e. The number of rotatable bonds is 0. The lowest BCUT2D eigenvalue weighted by Crippen LogP contribution is -2.21. The second kappa shape index (κ2) is 1.78. The SMILES string of the molecule is O=C1CC(S)C(=O)N1. The van der Waals surface area contributed by atoms with Crippen molar-refractivity contribution in [3.8, 4) is 0 Å². The first-order chi connectivity index (χ1) is 3.70. The number of hydrogen-bond acceptors (Lipinski definition) is 3. The van der Waals surface area contributed by atoms with Gasteiger partial charge < -0.3 is 0 Å². The molecule has 1 heterocycles. The van der Waals surface area contributed by atoms with E-state index in [9.17, 15) is 9.59 Å². The predicted molar refractivity (Wildman–Crippen MR) is 30.5 cm³/mol. The molecule has 0 aromatic heterocycles.